The van der Waals surface area contributed by atoms with Gasteiger partial charge in [-0.15, -0.1) is 0 Å². The maximum absolute atomic E-state index is 13.5. The largest absolute Gasteiger partial charge is 0.491 e. The van der Waals surface area contributed by atoms with Crippen molar-refractivity contribution < 1.29 is 26.5 Å². The van der Waals surface area contributed by atoms with Crippen LogP contribution in [0.2, 0.25) is 0 Å². The molecule has 0 heterocycles. The highest BCUT2D eigenvalue weighted by Crippen LogP contribution is 2.23. The third-order valence-corrected chi connectivity index (χ3v) is 3.95. The van der Waals surface area contributed by atoms with E-state index in [0.29, 0.717) is 19.0 Å². The van der Waals surface area contributed by atoms with Crippen LogP contribution in [0.25, 0.3) is 0 Å². The molecule has 0 aliphatic rings. The maximum atomic E-state index is 13.5. The zero-order chi connectivity index (χ0) is 16.0. The third-order valence-electron chi connectivity index (χ3n) is 2.70. The minimum Gasteiger partial charge on any atom is -0.491 e. The molecule has 0 fully saturated rings. The Morgan fingerprint density at radius 2 is 1.68 bits per heavy atom. The highest BCUT2D eigenvalue weighted by atomic mass is 32.2. The van der Waals surface area contributed by atoms with E-state index in [4.69, 9.17) is 13.7 Å². The third kappa shape index (κ3) is 4.19. The van der Waals surface area contributed by atoms with Crippen LogP contribution in [-0.4, -0.2) is 28.7 Å². The SMILES string of the molecule is COCCOc1ccc(S(=O)(=O)Oc2ccccc2F)cc1. The predicted molar refractivity (Wildman–Crippen MR) is 78.0 cm³/mol. The molecule has 0 aliphatic heterocycles. The smallest absolute Gasteiger partial charge is 0.339 e. The second-order valence-corrected chi connectivity index (χ2v) is 5.83. The van der Waals surface area contributed by atoms with Crippen molar-refractivity contribution in [3.05, 3.63) is 54.3 Å². The quantitative estimate of drug-likeness (QED) is 0.578. The van der Waals surface area contributed by atoms with Crippen molar-refractivity contribution in [2.24, 2.45) is 0 Å². The van der Waals surface area contributed by atoms with Gasteiger partial charge in [-0.1, -0.05) is 12.1 Å². The lowest BCUT2D eigenvalue weighted by molar-refractivity contribution is 0.146. The van der Waals surface area contributed by atoms with Crippen LogP contribution in [0, 0.1) is 5.82 Å². The Morgan fingerprint density at radius 1 is 1.00 bits per heavy atom. The molecule has 0 N–H and O–H groups in total. The van der Waals surface area contributed by atoms with Gasteiger partial charge in [0.25, 0.3) is 0 Å². The van der Waals surface area contributed by atoms with E-state index in [1.807, 2.05) is 0 Å². The first kappa shape index (κ1) is 16.3. The van der Waals surface area contributed by atoms with Crippen molar-refractivity contribution in [1.82, 2.24) is 0 Å². The minimum atomic E-state index is -4.10. The van der Waals surface area contributed by atoms with Crippen LogP contribution in [-0.2, 0) is 14.9 Å². The van der Waals surface area contributed by atoms with E-state index in [-0.39, 0.29) is 10.6 Å². The number of rotatable bonds is 7. The lowest BCUT2D eigenvalue weighted by atomic mass is 10.3. The van der Waals surface area contributed by atoms with E-state index in [0.717, 1.165) is 6.07 Å². The van der Waals surface area contributed by atoms with E-state index in [1.165, 1.54) is 42.5 Å². The molecule has 5 nitrogen and oxygen atoms in total. The van der Waals surface area contributed by atoms with Gasteiger partial charge in [0.15, 0.2) is 11.6 Å². The molecule has 0 spiro atoms. The molecule has 0 radical (unpaired) electrons. The Morgan fingerprint density at radius 3 is 2.32 bits per heavy atom. The number of para-hydroxylation sites is 1. The Bertz CT molecular complexity index is 713. The Labute approximate surface area is 128 Å². The zero-order valence-corrected chi connectivity index (χ0v) is 12.7. The summed E-state index contributed by atoms with van der Waals surface area (Å²) in [5.41, 5.74) is 0. The molecule has 7 heteroatoms. The van der Waals surface area contributed by atoms with Gasteiger partial charge in [-0.3, -0.25) is 0 Å². The van der Waals surface area contributed by atoms with Gasteiger partial charge in [-0.2, -0.15) is 8.42 Å². The molecule has 0 bridgehead atoms. The predicted octanol–water partition coefficient (Wildman–Crippen LogP) is 2.62. The molecule has 2 rings (SSSR count). The topological polar surface area (TPSA) is 61.8 Å². The first-order chi connectivity index (χ1) is 10.5. The molecule has 0 unspecified atom stereocenters. The lowest BCUT2D eigenvalue weighted by Gasteiger charge is -2.09. The van der Waals surface area contributed by atoms with Crippen molar-refractivity contribution in [2.45, 2.75) is 4.90 Å². The first-order valence-electron chi connectivity index (χ1n) is 6.44. The van der Waals surface area contributed by atoms with Gasteiger partial charge in [0, 0.05) is 7.11 Å². The van der Waals surface area contributed by atoms with Gasteiger partial charge in [0.05, 0.1) is 6.61 Å². The molecular formula is C15H15FO5S. The monoisotopic (exact) mass is 326 g/mol. The highest BCUT2D eigenvalue weighted by Gasteiger charge is 2.18. The molecule has 2 aromatic carbocycles. The molecule has 2 aromatic rings. The summed E-state index contributed by atoms with van der Waals surface area (Å²) in [5.74, 6) is -0.588. The molecule has 0 aromatic heterocycles. The summed E-state index contributed by atoms with van der Waals surface area (Å²) in [6, 6.07) is 10.9. The number of methoxy groups -OCH3 is 1. The van der Waals surface area contributed by atoms with Crippen LogP contribution in [0.15, 0.2) is 53.4 Å². The summed E-state index contributed by atoms with van der Waals surface area (Å²) < 4.78 is 52.6. The van der Waals surface area contributed by atoms with Crippen molar-refractivity contribution in [3.63, 3.8) is 0 Å². The second kappa shape index (κ2) is 7.24. The summed E-state index contributed by atoms with van der Waals surface area (Å²) in [6.07, 6.45) is 0. The zero-order valence-electron chi connectivity index (χ0n) is 11.9. The van der Waals surface area contributed by atoms with Gasteiger partial charge in [-0.25, -0.2) is 4.39 Å². The number of hydrogen-bond acceptors (Lipinski definition) is 5. The van der Waals surface area contributed by atoms with Crippen LogP contribution >= 0.6 is 0 Å². The molecule has 0 aliphatic carbocycles. The van der Waals surface area contributed by atoms with E-state index < -0.39 is 15.9 Å². The van der Waals surface area contributed by atoms with Crippen LogP contribution in [0.5, 0.6) is 11.5 Å². The van der Waals surface area contributed by atoms with Gasteiger partial charge in [0.2, 0.25) is 0 Å². The standard InChI is InChI=1S/C15H15FO5S/c1-19-10-11-20-12-6-8-13(9-7-12)22(17,18)21-15-5-3-2-4-14(15)16/h2-9H,10-11H2,1H3. The van der Waals surface area contributed by atoms with Crippen molar-refractivity contribution >= 4 is 10.1 Å². The average Bonchev–Trinajstić information content (AvgIpc) is 2.50. The fraction of sp³-hybridized carbons (Fsp3) is 0.200. The summed E-state index contributed by atoms with van der Waals surface area (Å²) in [7, 11) is -2.54. The van der Waals surface area contributed by atoms with Gasteiger partial charge in [0.1, 0.15) is 17.3 Å². The Balaban J connectivity index is 2.11. The minimum absolute atomic E-state index is 0.0881. The van der Waals surface area contributed by atoms with E-state index in [9.17, 15) is 12.8 Å². The number of hydrogen-bond donors (Lipinski definition) is 0. The average molecular weight is 326 g/mol. The molecule has 118 valence electrons. The molecular weight excluding hydrogens is 311 g/mol. The maximum Gasteiger partial charge on any atom is 0.339 e. The summed E-state index contributed by atoms with van der Waals surface area (Å²) in [4.78, 5) is -0.0881. The van der Waals surface area contributed by atoms with Crippen LogP contribution < -0.4 is 8.92 Å². The number of halogens is 1. The Hall–Kier alpha value is -2.12. The van der Waals surface area contributed by atoms with Crippen LogP contribution in [0.3, 0.4) is 0 Å². The van der Waals surface area contributed by atoms with Gasteiger partial charge < -0.3 is 13.7 Å². The summed E-state index contributed by atoms with van der Waals surface area (Å²) in [6.45, 7) is 0.783. The van der Waals surface area contributed by atoms with Crippen LogP contribution in [0.1, 0.15) is 0 Å². The summed E-state index contributed by atoms with van der Waals surface area (Å²) >= 11 is 0. The number of ether oxygens (including phenoxy) is 2. The second-order valence-electron chi connectivity index (χ2n) is 4.28. The highest BCUT2D eigenvalue weighted by molar-refractivity contribution is 7.87. The fourth-order valence-corrected chi connectivity index (χ4v) is 2.56. The van der Waals surface area contributed by atoms with E-state index >= 15 is 0 Å². The van der Waals surface area contributed by atoms with Crippen molar-refractivity contribution in [3.8, 4) is 11.5 Å². The molecule has 0 saturated carbocycles. The normalized spacial score (nSPS) is 11.2. The van der Waals surface area contributed by atoms with Crippen molar-refractivity contribution in [1.29, 1.82) is 0 Å². The Kier molecular flexibility index (Phi) is 5.35. The number of benzene rings is 2. The lowest BCUT2D eigenvalue weighted by Crippen LogP contribution is -2.10. The van der Waals surface area contributed by atoms with Crippen molar-refractivity contribution in [2.75, 3.05) is 20.3 Å². The fourth-order valence-electron chi connectivity index (χ4n) is 1.62. The molecule has 0 amide bonds. The van der Waals surface area contributed by atoms with Crippen LogP contribution in [0.4, 0.5) is 4.39 Å². The van der Waals surface area contributed by atoms with Gasteiger partial charge >= 0.3 is 10.1 Å². The molecule has 0 atom stereocenters. The van der Waals surface area contributed by atoms with E-state index in [2.05, 4.69) is 0 Å². The van der Waals surface area contributed by atoms with E-state index in [1.54, 1.807) is 7.11 Å². The first-order valence-corrected chi connectivity index (χ1v) is 7.84. The summed E-state index contributed by atoms with van der Waals surface area (Å²) in [5, 5.41) is 0. The van der Waals surface area contributed by atoms with Gasteiger partial charge in [-0.05, 0) is 36.4 Å². The molecule has 0 saturated heterocycles. The molecule has 22 heavy (non-hydrogen) atoms.